The predicted octanol–water partition coefficient (Wildman–Crippen LogP) is 3.77. The number of fused-ring (bicyclic) bond motifs is 3. The van der Waals surface area contributed by atoms with Crippen molar-refractivity contribution in [1.82, 2.24) is 0 Å². The summed E-state index contributed by atoms with van der Waals surface area (Å²) in [5.41, 5.74) is 1.72. The van der Waals surface area contributed by atoms with E-state index in [0.717, 1.165) is 35.0 Å². The van der Waals surface area contributed by atoms with Gasteiger partial charge < -0.3 is 4.74 Å². The molecule has 4 rings (SSSR count). The van der Waals surface area contributed by atoms with E-state index in [4.69, 9.17) is 4.74 Å². The Bertz CT molecular complexity index is 444. The molecule has 1 unspecified atom stereocenters. The molecular weight excluding hydrogens is 224 g/mol. The van der Waals surface area contributed by atoms with Crippen LogP contribution in [-0.4, -0.2) is 12.4 Å². The molecule has 0 radical (unpaired) electrons. The van der Waals surface area contributed by atoms with Gasteiger partial charge >= 0.3 is 0 Å². The Morgan fingerprint density at radius 1 is 1.22 bits per heavy atom. The van der Waals surface area contributed by atoms with Crippen LogP contribution in [0.15, 0.2) is 18.2 Å². The van der Waals surface area contributed by atoms with Gasteiger partial charge in [0.1, 0.15) is 18.1 Å². The average Bonchev–Trinajstić information content (AvgIpc) is 2.42. The van der Waals surface area contributed by atoms with Crippen LogP contribution in [0.4, 0.5) is 0 Å². The summed E-state index contributed by atoms with van der Waals surface area (Å²) >= 11 is 0. The van der Waals surface area contributed by atoms with E-state index in [1.54, 1.807) is 0 Å². The van der Waals surface area contributed by atoms with Crippen molar-refractivity contribution >= 4 is 6.29 Å². The summed E-state index contributed by atoms with van der Waals surface area (Å²) in [5.74, 6) is 2.50. The Balaban J connectivity index is 1.78. The lowest BCUT2D eigenvalue weighted by atomic mass is 9.69. The van der Waals surface area contributed by atoms with Crippen molar-refractivity contribution in [2.75, 3.05) is 0 Å². The number of aldehydes is 1. The lowest BCUT2D eigenvalue weighted by molar-refractivity contribution is 0.0196. The summed E-state index contributed by atoms with van der Waals surface area (Å²) in [6.45, 7) is 1.97. The Hall–Kier alpha value is -1.31. The maximum atomic E-state index is 10.9. The summed E-state index contributed by atoms with van der Waals surface area (Å²) in [6.07, 6.45) is 7.90. The SMILES string of the molecule is Cc1c(C=O)cccc1OC1CC2CCC1CC2. The predicted molar refractivity (Wildman–Crippen MR) is 71.0 cm³/mol. The normalized spacial score (nSPS) is 30.2. The summed E-state index contributed by atoms with van der Waals surface area (Å²) in [7, 11) is 0. The lowest BCUT2D eigenvalue weighted by Gasteiger charge is -2.42. The van der Waals surface area contributed by atoms with Crippen LogP contribution in [0, 0.1) is 18.8 Å². The molecule has 1 atom stereocenters. The van der Waals surface area contributed by atoms with E-state index < -0.39 is 0 Å². The smallest absolute Gasteiger partial charge is 0.150 e. The summed E-state index contributed by atoms with van der Waals surface area (Å²) in [6, 6.07) is 5.75. The zero-order valence-corrected chi connectivity index (χ0v) is 10.9. The van der Waals surface area contributed by atoms with E-state index in [2.05, 4.69) is 0 Å². The van der Waals surface area contributed by atoms with Crippen LogP contribution >= 0.6 is 0 Å². The first-order valence-corrected chi connectivity index (χ1v) is 6.99. The quantitative estimate of drug-likeness (QED) is 0.757. The largest absolute Gasteiger partial charge is 0.490 e. The molecule has 1 aromatic rings. The first-order valence-electron chi connectivity index (χ1n) is 6.99. The zero-order valence-electron chi connectivity index (χ0n) is 10.9. The van der Waals surface area contributed by atoms with Gasteiger partial charge in [-0.3, -0.25) is 4.79 Å². The molecule has 0 spiro atoms. The third-order valence-electron chi connectivity index (χ3n) is 4.71. The number of hydrogen-bond donors (Lipinski definition) is 0. The van der Waals surface area contributed by atoms with E-state index in [-0.39, 0.29) is 0 Å². The maximum absolute atomic E-state index is 10.9. The van der Waals surface area contributed by atoms with Gasteiger partial charge in [0.15, 0.2) is 0 Å². The van der Waals surface area contributed by atoms with Crippen LogP contribution in [0.5, 0.6) is 5.75 Å². The average molecular weight is 244 g/mol. The van der Waals surface area contributed by atoms with Crippen LogP contribution < -0.4 is 4.74 Å². The number of ether oxygens (including phenoxy) is 1. The molecule has 3 fully saturated rings. The second-order valence-electron chi connectivity index (χ2n) is 5.76. The maximum Gasteiger partial charge on any atom is 0.150 e. The number of hydrogen-bond acceptors (Lipinski definition) is 2. The standard InChI is InChI=1S/C16H20O2/c1-11-14(10-17)3-2-4-15(11)18-16-9-12-5-7-13(16)8-6-12/h2-4,10,12-13,16H,5-9H2,1H3. The fourth-order valence-corrected chi connectivity index (χ4v) is 3.51. The van der Waals surface area contributed by atoms with Crippen LogP contribution in [0.25, 0.3) is 0 Å². The van der Waals surface area contributed by atoms with Crippen molar-refractivity contribution in [2.45, 2.75) is 45.1 Å². The van der Waals surface area contributed by atoms with Gasteiger partial charge in [-0.15, -0.1) is 0 Å². The molecule has 0 N–H and O–H groups in total. The molecule has 1 aromatic carbocycles. The van der Waals surface area contributed by atoms with Crippen molar-refractivity contribution in [1.29, 1.82) is 0 Å². The Labute approximate surface area is 108 Å². The van der Waals surface area contributed by atoms with Gasteiger partial charge in [-0.05, 0) is 56.9 Å². The third kappa shape index (κ3) is 2.05. The minimum atomic E-state index is 0.373. The Morgan fingerprint density at radius 2 is 2.00 bits per heavy atom. The highest BCUT2D eigenvalue weighted by Gasteiger charge is 2.37. The minimum Gasteiger partial charge on any atom is -0.490 e. The fourth-order valence-electron chi connectivity index (χ4n) is 3.51. The van der Waals surface area contributed by atoms with Gasteiger partial charge in [-0.25, -0.2) is 0 Å². The Morgan fingerprint density at radius 3 is 2.61 bits per heavy atom. The van der Waals surface area contributed by atoms with E-state index in [1.165, 1.54) is 32.1 Å². The molecule has 0 aromatic heterocycles. The molecule has 96 valence electrons. The number of carbonyl (C=O) groups is 1. The van der Waals surface area contributed by atoms with Gasteiger partial charge in [-0.2, -0.15) is 0 Å². The van der Waals surface area contributed by atoms with Crippen molar-refractivity contribution in [2.24, 2.45) is 11.8 Å². The molecule has 2 nitrogen and oxygen atoms in total. The summed E-state index contributed by atoms with van der Waals surface area (Å²) in [5, 5.41) is 0. The van der Waals surface area contributed by atoms with Gasteiger partial charge in [0.05, 0.1) is 0 Å². The molecule has 2 bridgehead atoms. The van der Waals surface area contributed by atoms with E-state index in [1.807, 2.05) is 25.1 Å². The van der Waals surface area contributed by atoms with E-state index in [0.29, 0.717) is 6.10 Å². The molecule has 0 heterocycles. The van der Waals surface area contributed by atoms with Crippen molar-refractivity contribution in [3.8, 4) is 5.75 Å². The first-order chi connectivity index (χ1) is 8.78. The molecular formula is C16H20O2. The number of carbonyl (C=O) groups excluding carboxylic acids is 1. The third-order valence-corrected chi connectivity index (χ3v) is 4.71. The van der Waals surface area contributed by atoms with E-state index in [9.17, 15) is 4.79 Å². The summed E-state index contributed by atoms with van der Waals surface area (Å²) in [4.78, 5) is 10.9. The van der Waals surface area contributed by atoms with Gasteiger partial charge in [0, 0.05) is 11.1 Å². The van der Waals surface area contributed by atoms with Crippen LogP contribution in [0.2, 0.25) is 0 Å². The molecule has 0 saturated heterocycles. The molecule has 18 heavy (non-hydrogen) atoms. The van der Waals surface area contributed by atoms with Crippen LogP contribution in [0.1, 0.15) is 48.0 Å². The minimum absolute atomic E-state index is 0.373. The number of benzene rings is 1. The topological polar surface area (TPSA) is 26.3 Å². The highest BCUT2D eigenvalue weighted by atomic mass is 16.5. The van der Waals surface area contributed by atoms with Gasteiger partial charge in [0.2, 0.25) is 0 Å². The Kier molecular flexibility index (Phi) is 3.11. The molecule has 2 heteroatoms. The monoisotopic (exact) mass is 244 g/mol. The lowest BCUT2D eigenvalue weighted by Crippen LogP contribution is -2.39. The van der Waals surface area contributed by atoms with Gasteiger partial charge in [-0.1, -0.05) is 12.1 Å². The second-order valence-corrected chi connectivity index (χ2v) is 5.76. The summed E-state index contributed by atoms with van der Waals surface area (Å²) < 4.78 is 6.20. The fraction of sp³-hybridized carbons (Fsp3) is 0.562. The highest BCUT2D eigenvalue weighted by molar-refractivity contribution is 5.78. The van der Waals surface area contributed by atoms with Gasteiger partial charge in [0.25, 0.3) is 0 Å². The van der Waals surface area contributed by atoms with Crippen molar-refractivity contribution in [3.05, 3.63) is 29.3 Å². The van der Waals surface area contributed by atoms with Crippen LogP contribution in [0.3, 0.4) is 0 Å². The highest BCUT2D eigenvalue weighted by Crippen LogP contribution is 2.43. The van der Waals surface area contributed by atoms with Crippen LogP contribution in [-0.2, 0) is 0 Å². The van der Waals surface area contributed by atoms with E-state index >= 15 is 0 Å². The molecule has 3 saturated carbocycles. The molecule has 0 amide bonds. The van der Waals surface area contributed by atoms with Crippen molar-refractivity contribution in [3.63, 3.8) is 0 Å². The molecule has 3 aliphatic rings. The van der Waals surface area contributed by atoms with Crippen molar-refractivity contribution < 1.29 is 9.53 Å². The number of rotatable bonds is 3. The first kappa shape index (κ1) is 11.8. The molecule has 3 aliphatic carbocycles. The zero-order chi connectivity index (χ0) is 12.5. The molecule has 0 aliphatic heterocycles. The second kappa shape index (κ2) is 4.75.